The third-order valence-electron chi connectivity index (χ3n) is 0.989. The molecule has 3 atom stereocenters. The molecule has 3 unspecified atom stereocenters. The maximum Gasteiger partial charge on any atom is 0.414 e. The summed E-state index contributed by atoms with van der Waals surface area (Å²) in [7, 11) is 0. The normalized spacial score (nSPS) is 43.9. The molecule has 1 saturated heterocycles. The van der Waals surface area contributed by atoms with Crippen LogP contribution in [0.3, 0.4) is 0 Å². The van der Waals surface area contributed by atoms with Crippen molar-refractivity contribution in [3.8, 4) is 0 Å². The highest BCUT2D eigenvalue weighted by Crippen LogP contribution is 2.33. The van der Waals surface area contributed by atoms with Crippen molar-refractivity contribution in [1.82, 2.24) is 0 Å². The lowest BCUT2D eigenvalue weighted by Gasteiger charge is -2.29. The van der Waals surface area contributed by atoms with E-state index in [-0.39, 0.29) is 0 Å². The molecule has 0 saturated carbocycles. The lowest BCUT2D eigenvalue weighted by molar-refractivity contribution is -0.437. The second-order valence-electron chi connectivity index (χ2n) is 1.83. The van der Waals surface area contributed by atoms with Gasteiger partial charge in [0.05, 0.1) is 0 Å². The molecular formula is C4H3F5O2. The second-order valence-corrected chi connectivity index (χ2v) is 1.83. The number of rotatable bonds is 0. The van der Waals surface area contributed by atoms with E-state index in [1.807, 2.05) is 0 Å². The van der Waals surface area contributed by atoms with Crippen molar-refractivity contribution in [2.24, 2.45) is 0 Å². The molecule has 0 aliphatic carbocycles. The van der Waals surface area contributed by atoms with Gasteiger partial charge in [-0.2, -0.15) is 8.78 Å². The zero-order valence-electron chi connectivity index (χ0n) is 4.94. The van der Waals surface area contributed by atoms with Gasteiger partial charge in [-0.1, -0.05) is 0 Å². The SMILES string of the molecule is FC1OC(F)C(F)(F)OC1F. The molecule has 0 aromatic rings. The summed E-state index contributed by atoms with van der Waals surface area (Å²) in [5.74, 6) is 0. The summed E-state index contributed by atoms with van der Waals surface area (Å²) in [5.41, 5.74) is 0. The molecule has 1 fully saturated rings. The van der Waals surface area contributed by atoms with Gasteiger partial charge in [-0.3, -0.25) is 4.74 Å². The van der Waals surface area contributed by atoms with E-state index in [0.717, 1.165) is 0 Å². The van der Waals surface area contributed by atoms with Crippen molar-refractivity contribution >= 4 is 0 Å². The van der Waals surface area contributed by atoms with Gasteiger partial charge in [0.15, 0.2) is 0 Å². The summed E-state index contributed by atoms with van der Waals surface area (Å²) in [6.07, 6.45) is -13.4. The fraction of sp³-hybridized carbons (Fsp3) is 1.00. The maximum atomic E-state index is 11.9. The average molecular weight is 178 g/mol. The molecule has 0 amide bonds. The highest BCUT2D eigenvalue weighted by atomic mass is 19.3. The van der Waals surface area contributed by atoms with Crippen LogP contribution in [0.25, 0.3) is 0 Å². The van der Waals surface area contributed by atoms with Gasteiger partial charge in [0, 0.05) is 0 Å². The van der Waals surface area contributed by atoms with E-state index in [4.69, 9.17) is 0 Å². The quantitative estimate of drug-likeness (QED) is 0.523. The van der Waals surface area contributed by atoms with Crippen LogP contribution in [0.4, 0.5) is 22.0 Å². The highest BCUT2D eigenvalue weighted by Gasteiger charge is 2.53. The number of halogens is 5. The van der Waals surface area contributed by atoms with Crippen LogP contribution in [0.1, 0.15) is 0 Å². The number of ether oxygens (including phenoxy) is 2. The minimum absolute atomic E-state index is 2.80. The third-order valence-corrected chi connectivity index (χ3v) is 0.989. The molecule has 0 aromatic heterocycles. The van der Waals surface area contributed by atoms with Crippen LogP contribution in [-0.4, -0.2) is 25.2 Å². The van der Waals surface area contributed by atoms with Crippen LogP contribution in [-0.2, 0) is 9.47 Å². The van der Waals surface area contributed by atoms with Crippen LogP contribution in [0.2, 0.25) is 0 Å². The van der Waals surface area contributed by atoms with Gasteiger partial charge in [0.25, 0.3) is 19.1 Å². The molecule has 0 spiro atoms. The van der Waals surface area contributed by atoms with E-state index < -0.39 is 25.2 Å². The molecule has 1 rings (SSSR count). The van der Waals surface area contributed by atoms with E-state index in [1.54, 1.807) is 0 Å². The van der Waals surface area contributed by atoms with Crippen LogP contribution < -0.4 is 0 Å². The Hall–Kier alpha value is -0.430. The van der Waals surface area contributed by atoms with Crippen LogP contribution in [0.15, 0.2) is 0 Å². The Kier molecular flexibility index (Phi) is 2.02. The van der Waals surface area contributed by atoms with Gasteiger partial charge < -0.3 is 4.74 Å². The number of alkyl halides is 5. The van der Waals surface area contributed by atoms with Crippen molar-refractivity contribution in [2.75, 3.05) is 0 Å². The Morgan fingerprint density at radius 2 is 1.55 bits per heavy atom. The fourth-order valence-electron chi connectivity index (χ4n) is 0.512. The molecule has 0 radical (unpaired) electrons. The molecule has 0 bridgehead atoms. The zero-order chi connectivity index (χ0) is 8.65. The highest BCUT2D eigenvalue weighted by molar-refractivity contribution is 4.66. The van der Waals surface area contributed by atoms with Crippen molar-refractivity contribution in [3.63, 3.8) is 0 Å². The lowest BCUT2D eigenvalue weighted by atomic mass is 10.5. The van der Waals surface area contributed by atoms with Gasteiger partial charge >= 0.3 is 6.11 Å². The summed E-state index contributed by atoms with van der Waals surface area (Å²) >= 11 is 0. The molecule has 1 aliphatic heterocycles. The molecule has 0 aromatic carbocycles. The molecular weight excluding hydrogens is 175 g/mol. The van der Waals surface area contributed by atoms with Gasteiger partial charge in [-0.25, -0.2) is 13.2 Å². The Bertz CT molecular complexity index is 151. The number of hydrogen-bond acceptors (Lipinski definition) is 2. The smallest absolute Gasteiger partial charge is 0.302 e. The fourth-order valence-corrected chi connectivity index (χ4v) is 0.512. The monoisotopic (exact) mass is 178 g/mol. The summed E-state index contributed by atoms with van der Waals surface area (Å²) in [6.45, 7) is 0. The summed E-state index contributed by atoms with van der Waals surface area (Å²) in [6, 6.07) is 0. The maximum absolute atomic E-state index is 11.9. The van der Waals surface area contributed by atoms with Gasteiger partial charge in [0.1, 0.15) is 0 Å². The minimum atomic E-state index is -4.41. The van der Waals surface area contributed by atoms with E-state index in [0.29, 0.717) is 0 Å². The predicted octanol–water partition coefficient (Wildman–Crippen LogP) is 1.51. The predicted molar refractivity (Wildman–Crippen MR) is 21.8 cm³/mol. The Labute approximate surface area is 57.9 Å². The summed E-state index contributed by atoms with van der Waals surface area (Å²) in [5, 5.41) is 0. The first-order valence-corrected chi connectivity index (χ1v) is 2.57. The Balaban J connectivity index is 2.63. The van der Waals surface area contributed by atoms with Crippen molar-refractivity contribution < 1.29 is 31.4 Å². The van der Waals surface area contributed by atoms with Gasteiger partial charge in [-0.15, -0.1) is 0 Å². The average Bonchev–Trinajstić information content (AvgIpc) is 1.83. The van der Waals surface area contributed by atoms with E-state index in [1.165, 1.54) is 0 Å². The Morgan fingerprint density at radius 1 is 1.00 bits per heavy atom. The lowest BCUT2D eigenvalue weighted by Crippen LogP contribution is -2.48. The Morgan fingerprint density at radius 3 is 2.00 bits per heavy atom. The van der Waals surface area contributed by atoms with E-state index in [9.17, 15) is 22.0 Å². The first kappa shape index (κ1) is 8.66. The largest absolute Gasteiger partial charge is 0.414 e. The van der Waals surface area contributed by atoms with Crippen molar-refractivity contribution in [1.29, 1.82) is 0 Å². The zero-order valence-corrected chi connectivity index (χ0v) is 4.94. The molecule has 2 nitrogen and oxygen atoms in total. The first-order chi connectivity index (χ1) is 4.93. The molecule has 1 heterocycles. The van der Waals surface area contributed by atoms with Gasteiger partial charge in [-0.05, 0) is 0 Å². The standard InChI is InChI=1S/C4H3F5O2/c5-1-2(6)11-4(8,9)3(7)10-1/h1-3H. The van der Waals surface area contributed by atoms with Crippen LogP contribution >= 0.6 is 0 Å². The summed E-state index contributed by atoms with van der Waals surface area (Å²) in [4.78, 5) is 0. The molecule has 0 N–H and O–H groups in total. The van der Waals surface area contributed by atoms with Crippen LogP contribution in [0.5, 0.6) is 0 Å². The topological polar surface area (TPSA) is 18.5 Å². The number of hydrogen-bond donors (Lipinski definition) is 0. The van der Waals surface area contributed by atoms with Crippen LogP contribution in [0, 0.1) is 0 Å². The first-order valence-electron chi connectivity index (χ1n) is 2.57. The minimum Gasteiger partial charge on any atom is -0.302 e. The van der Waals surface area contributed by atoms with E-state index >= 15 is 0 Å². The summed E-state index contributed by atoms with van der Waals surface area (Å²) < 4.78 is 65.7. The van der Waals surface area contributed by atoms with Crippen molar-refractivity contribution in [2.45, 2.75) is 25.2 Å². The van der Waals surface area contributed by atoms with E-state index in [2.05, 4.69) is 9.47 Å². The molecule has 11 heavy (non-hydrogen) atoms. The third kappa shape index (κ3) is 1.59. The van der Waals surface area contributed by atoms with Crippen molar-refractivity contribution in [3.05, 3.63) is 0 Å². The second kappa shape index (κ2) is 2.56. The van der Waals surface area contributed by atoms with Gasteiger partial charge in [0.2, 0.25) is 0 Å². The molecule has 1 aliphatic rings. The molecule has 7 heteroatoms. The molecule has 66 valence electrons.